The standard InChI is InChI=1S/C14H20O5/c1-10-5-3-7-14(17)19-11(2)9-12(15)6-4-8-13(16)18-10/h3-4,7-8,10-12,15H,5-6,9H2,1-2H3/b7-3+,8-4+/t10?,11-,12+/m1/s1. The molecule has 0 bridgehead atoms. The molecule has 0 aromatic carbocycles. The summed E-state index contributed by atoms with van der Waals surface area (Å²) in [4.78, 5) is 22.8. The van der Waals surface area contributed by atoms with E-state index in [4.69, 9.17) is 9.47 Å². The normalized spacial score (nSPS) is 33.7. The van der Waals surface area contributed by atoms with Crippen LogP contribution in [-0.2, 0) is 19.1 Å². The molecule has 1 unspecified atom stereocenters. The van der Waals surface area contributed by atoms with E-state index >= 15 is 0 Å². The minimum Gasteiger partial charge on any atom is -0.459 e. The van der Waals surface area contributed by atoms with Crippen molar-refractivity contribution in [2.45, 2.75) is 51.4 Å². The van der Waals surface area contributed by atoms with Gasteiger partial charge in [-0.15, -0.1) is 0 Å². The molecule has 0 fully saturated rings. The second-order valence-electron chi connectivity index (χ2n) is 4.66. The number of carbonyl (C=O) groups excluding carboxylic acids is 2. The van der Waals surface area contributed by atoms with Crippen LogP contribution >= 0.6 is 0 Å². The number of aliphatic hydroxyl groups is 1. The number of hydrogen-bond acceptors (Lipinski definition) is 5. The minimum absolute atomic E-state index is 0.313. The molecule has 1 aliphatic rings. The second kappa shape index (κ2) is 7.74. The first-order valence-corrected chi connectivity index (χ1v) is 6.39. The summed E-state index contributed by atoms with van der Waals surface area (Å²) in [6.45, 7) is 3.46. The van der Waals surface area contributed by atoms with Gasteiger partial charge in [0, 0.05) is 25.0 Å². The van der Waals surface area contributed by atoms with E-state index in [1.165, 1.54) is 12.2 Å². The topological polar surface area (TPSA) is 72.8 Å². The third kappa shape index (κ3) is 6.76. The van der Waals surface area contributed by atoms with Crippen LogP contribution in [0.2, 0.25) is 0 Å². The largest absolute Gasteiger partial charge is 0.459 e. The highest BCUT2D eigenvalue weighted by atomic mass is 16.5. The second-order valence-corrected chi connectivity index (χ2v) is 4.66. The number of hydrogen-bond donors (Lipinski definition) is 1. The Bertz CT molecular complexity index is 372. The summed E-state index contributed by atoms with van der Waals surface area (Å²) in [5.41, 5.74) is 0. The fourth-order valence-electron chi connectivity index (χ4n) is 1.73. The van der Waals surface area contributed by atoms with Crippen LogP contribution in [-0.4, -0.2) is 35.4 Å². The molecule has 0 spiro atoms. The lowest BCUT2D eigenvalue weighted by Gasteiger charge is -2.16. The van der Waals surface area contributed by atoms with Crippen molar-refractivity contribution in [2.75, 3.05) is 0 Å². The van der Waals surface area contributed by atoms with Crippen LogP contribution in [0.4, 0.5) is 0 Å². The smallest absolute Gasteiger partial charge is 0.330 e. The predicted octanol–water partition coefficient (Wildman–Crippen LogP) is 1.51. The number of aliphatic hydroxyl groups excluding tert-OH is 1. The Balaban J connectivity index is 2.69. The average Bonchev–Trinajstić information content (AvgIpc) is 2.26. The molecule has 1 aliphatic heterocycles. The van der Waals surface area contributed by atoms with E-state index in [1.807, 2.05) is 0 Å². The fraction of sp³-hybridized carbons (Fsp3) is 0.571. The van der Waals surface area contributed by atoms with Gasteiger partial charge in [-0.05, 0) is 20.3 Å². The van der Waals surface area contributed by atoms with Crippen LogP contribution in [0.15, 0.2) is 24.3 Å². The van der Waals surface area contributed by atoms with Gasteiger partial charge in [0.1, 0.15) is 12.2 Å². The number of ether oxygens (including phenoxy) is 2. The zero-order valence-corrected chi connectivity index (χ0v) is 11.2. The minimum atomic E-state index is -0.656. The van der Waals surface area contributed by atoms with E-state index in [-0.39, 0.29) is 12.2 Å². The summed E-state index contributed by atoms with van der Waals surface area (Å²) in [6.07, 6.45) is 5.56. The molecule has 0 amide bonds. The van der Waals surface area contributed by atoms with Gasteiger partial charge in [-0.25, -0.2) is 9.59 Å². The molecule has 1 N–H and O–H groups in total. The summed E-state index contributed by atoms with van der Waals surface area (Å²) < 4.78 is 10.2. The maximum Gasteiger partial charge on any atom is 0.330 e. The van der Waals surface area contributed by atoms with Gasteiger partial charge in [-0.2, -0.15) is 0 Å². The molecule has 1 rings (SSSR count). The van der Waals surface area contributed by atoms with Gasteiger partial charge in [0.05, 0.1) is 6.10 Å². The van der Waals surface area contributed by atoms with Crippen molar-refractivity contribution in [1.29, 1.82) is 0 Å². The van der Waals surface area contributed by atoms with Gasteiger partial charge in [0.25, 0.3) is 0 Å². The highest BCUT2D eigenvalue weighted by Gasteiger charge is 2.13. The van der Waals surface area contributed by atoms with Gasteiger partial charge in [0.2, 0.25) is 0 Å². The number of rotatable bonds is 0. The van der Waals surface area contributed by atoms with Gasteiger partial charge in [0.15, 0.2) is 0 Å². The molecular formula is C14H20O5. The third-order valence-electron chi connectivity index (χ3n) is 2.62. The van der Waals surface area contributed by atoms with Gasteiger partial charge >= 0.3 is 11.9 Å². The first-order valence-electron chi connectivity index (χ1n) is 6.39. The van der Waals surface area contributed by atoms with E-state index < -0.39 is 18.0 Å². The van der Waals surface area contributed by atoms with Gasteiger partial charge in [-0.3, -0.25) is 0 Å². The van der Waals surface area contributed by atoms with Gasteiger partial charge < -0.3 is 14.6 Å². The Morgan fingerprint density at radius 2 is 1.53 bits per heavy atom. The zero-order chi connectivity index (χ0) is 14.3. The molecule has 0 aliphatic carbocycles. The summed E-state index contributed by atoms with van der Waals surface area (Å²) in [5.74, 6) is -0.897. The predicted molar refractivity (Wildman–Crippen MR) is 69.2 cm³/mol. The summed E-state index contributed by atoms with van der Waals surface area (Å²) >= 11 is 0. The van der Waals surface area contributed by atoms with Crippen LogP contribution in [0.3, 0.4) is 0 Å². The molecule has 1 heterocycles. The van der Waals surface area contributed by atoms with Crippen LogP contribution in [0.1, 0.15) is 33.1 Å². The maximum absolute atomic E-state index is 11.4. The Kier molecular flexibility index (Phi) is 6.29. The van der Waals surface area contributed by atoms with Crippen LogP contribution < -0.4 is 0 Å². The maximum atomic E-state index is 11.4. The summed E-state index contributed by atoms with van der Waals surface area (Å²) in [5, 5.41) is 9.70. The summed E-state index contributed by atoms with van der Waals surface area (Å²) in [7, 11) is 0. The Morgan fingerprint density at radius 3 is 2.16 bits per heavy atom. The van der Waals surface area contributed by atoms with Gasteiger partial charge in [-0.1, -0.05) is 12.2 Å². The molecule has 106 valence electrons. The molecule has 0 aromatic rings. The lowest BCUT2D eigenvalue weighted by atomic mass is 10.1. The van der Waals surface area contributed by atoms with Crippen LogP contribution in [0, 0.1) is 0 Å². The summed E-state index contributed by atoms with van der Waals surface area (Å²) in [6, 6.07) is 0. The quantitative estimate of drug-likeness (QED) is 0.674. The molecule has 5 heteroatoms. The SMILES string of the molecule is CC1C/C=C/C(=O)O[C@H](C)C[C@@H](O)C/C=C/C(=O)O1. The van der Waals surface area contributed by atoms with E-state index in [0.29, 0.717) is 19.3 Å². The van der Waals surface area contributed by atoms with Crippen LogP contribution in [0.5, 0.6) is 0 Å². The first kappa shape index (κ1) is 15.4. The fourth-order valence-corrected chi connectivity index (χ4v) is 1.73. The van der Waals surface area contributed by atoms with Crippen molar-refractivity contribution in [3.05, 3.63) is 24.3 Å². The Hall–Kier alpha value is -1.62. The average molecular weight is 268 g/mol. The van der Waals surface area contributed by atoms with Crippen molar-refractivity contribution in [3.63, 3.8) is 0 Å². The zero-order valence-electron chi connectivity index (χ0n) is 11.2. The third-order valence-corrected chi connectivity index (χ3v) is 2.62. The van der Waals surface area contributed by atoms with E-state index in [9.17, 15) is 14.7 Å². The molecule has 0 saturated carbocycles. The lowest BCUT2D eigenvalue weighted by molar-refractivity contribution is -0.143. The Labute approximate surface area is 112 Å². The first-order chi connectivity index (χ1) is 8.97. The molecule has 0 radical (unpaired) electrons. The van der Waals surface area contributed by atoms with Crippen LogP contribution in [0.25, 0.3) is 0 Å². The van der Waals surface area contributed by atoms with Crippen molar-refractivity contribution in [2.24, 2.45) is 0 Å². The highest BCUT2D eigenvalue weighted by Crippen LogP contribution is 2.09. The molecule has 0 aromatic heterocycles. The van der Waals surface area contributed by atoms with Crippen molar-refractivity contribution in [1.82, 2.24) is 0 Å². The molecular weight excluding hydrogens is 248 g/mol. The monoisotopic (exact) mass is 268 g/mol. The highest BCUT2D eigenvalue weighted by molar-refractivity contribution is 5.82. The van der Waals surface area contributed by atoms with E-state index in [2.05, 4.69) is 0 Å². The van der Waals surface area contributed by atoms with Crippen molar-refractivity contribution >= 4 is 11.9 Å². The van der Waals surface area contributed by atoms with E-state index in [0.717, 1.165) is 0 Å². The number of cyclic esters (lactones) is 2. The molecule has 19 heavy (non-hydrogen) atoms. The molecule has 0 saturated heterocycles. The van der Waals surface area contributed by atoms with E-state index in [1.54, 1.807) is 26.0 Å². The van der Waals surface area contributed by atoms with Crippen molar-refractivity contribution < 1.29 is 24.2 Å². The number of esters is 2. The lowest BCUT2D eigenvalue weighted by Crippen LogP contribution is -2.20. The number of carbonyl (C=O) groups is 2. The Morgan fingerprint density at radius 1 is 1.00 bits per heavy atom. The van der Waals surface area contributed by atoms with Crippen molar-refractivity contribution in [3.8, 4) is 0 Å². The molecule has 5 nitrogen and oxygen atoms in total. The molecule has 3 atom stereocenters.